The summed E-state index contributed by atoms with van der Waals surface area (Å²) in [6, 6.07) is 3.86. The summed E-state index contributed by atoms with van der Waals surface area (Å²) in [5, 5.41) is 2.63. The van der Waals surface area contributed by atoms with Gasteiger partial charge in [-0.05, 0) is 13.1 Å². The first kappa shape index (κ1) is 18.6. The van der Waals surface area contributed by atoms with E-state index in [9.17, 15) is 14.0 Å². The number of hydrogen-bond donors (Lipinski definition) is 1. The Labute approximate surface area is 152 Å². The molecule has 2 aliphatic heterocycles. The van der Waals surface area contributed by atoms with E-state index in [0.717, 1.165) is 0 Å². The van der Waals surface area contributed by atoms with E-state index in [4.69, 9.17) is 9.47 Å². The third-order valence-electron chi connectivity index (χ3n) is 5.07. The molecule has 0 aromatic heterocycles. The van der Waals surface area contributed by atoms with Gasteiger partial charge in [-0.25, -0.2) is 4.39 Å². The van der Waals surface area contributed by atoms with Gasteiger partial charge < -0.3 is 19.7 Å². The minimum atomic E-state index is -0.415. The van der Waals surface area contributed by atoms with Crippen LogP contribution in [0.3, 0.4) is 0 Å². The number of nitrogens with one attached hydrogen (secondary N) is 1. The van der Waals surface area contributed by atoms with Gasteiger partial charge in [0.1, 0.15) is 23.2 Å². The third kappa shape index (κ3) is 3.52. The molecule has 2 saturated heterocycles. The number of morpholine rings is 1. The summed E-state index contributed by atoms with van der Waals surface area (Å²) in [5.41, 5.74) is 0.239. The number of rotatable bonds is 4. The lowest BCUT2D eigenvalue weighted by Crippen LogP contribution is -2.73. The normalized spacial score (nSPS) is 22.0. The van der Waals surface area contributed by atoms with E-state index in [1.165, 1.54) is 19.2 Å². The molecular weight excluding hydrogens is 341 g/mol. The monoisotopic (exact) mass is 365 g/mol. The Kier molecular flexibility index (Phi) is 5.15. The van der Waals surface area contributed by atoms with Crippen LogP contribution in [-0.4, -0.2) is 80.7 Å². The topological polar surface area (TPSA) is 71.1 Å². The third-order valence-corrected chi connectivity index (χ3v) is 5.07. The molecule has 1 N–H and O–H groups in total. The number of carbonyl (C=O) groups excluding carboxylic acids is 2. The lowest BCUT2D eigenvalue weighted by atomic mass is 9.90. The van der Waals surface area contributed by atoms with Gasteiger partial charge in [0.05, 0.1) is 33.2 Å². The summed E-state index contributed by atoms with van der Waals surface area (Å²) in [6.07, 6.45) is 0.149. The Bertz CT molecular complexity index is 706. The van der Waals surface area contributed by atoms with Crippen molar-refractivity contribution in [3.63, 3.8) is 0 Å². The van der Waals surface area contributed by atoms with Gasteiger partial charge in [-0.1, -0.05) is 6.07 Å². The molecule has 2 fully saturated rings. The highest BCUT2D eigenvalue weighted by Gasteiger charge is 2.51. The molecule has 1 aromatic carbocycles. The van der Waals surface area contributed by atoms with E-state index in [1.807, 2.05) is 11.9 Å². The maximum absolute atomic E-state index is 13.3. The molecule has 0 bridgehead atoms. The van der Waals surface area contributed by atoms with E-state index in [1.54, 1.807) is 18.0 Å². The molecule has 8 heteroatoms. The van der Waals surface area contributed by atoms with E-state index < -0.39 is 11.4 Å². The second kappa shape index (κ2) is 7.20. The number of likely N-dealkylation sites (N-methyl/N-ethyl adjacent to an activating group) is 2. The lowest BCUT2D eigenvalue weighted by Gasteiger charge is -2.54. The SMILES string of the molecule is CNC(=O)C1COC2(CN(C(=O)Cc3ccc(F)cc3OC)C2)CN1C. The number of carbonyl (C=O) groups is 2. The van der Waals surface area contributed by atoms with Gasteiger partial charge in [-0.3, -0.25) is 14.5 Å². The van der Waals surface area contributed by atoms with Crippen LogP contribution in [0.5, 0.6) is 5.75 Å². The lowest BCUT2D eigenvalue weighted by molar-refractivity contribution is -0.200. The van der Waals surface area contributed by atoms with Crippen LogP contribution in [-0.2, 0) is 20.7 Å². The summed E-state index contributed by atoms with van der Waals surface area (Å²) in [4.78, 5) is 28.0. The molecule has 2 heterocycles. The zero-order valence-corrected chi connectivity index (χ0v) is 15.3. The molecule has 0 aliphatic carbocycles. The van der Waals surface area contributed by atoms with E-state index in [-0.39, 0.29) is 24.3 Å². The summed E-state index contributed by atoms with van der Waals surface area (Å²) < 4.78 is 24.3. The average Bonchev–Trinajstić information content (AvgIpc) is 2.60. The fourth-order valence-corrected chi connectivity index (χ4v) is 3.59. The first-order chi connectivity index (χ1) is 12.4. The second-order valence-corrected chi connectivity index (χ2v) is 6.92. The van der Waals surface area contributed by atoms with Crippen LogP contribution in [0, 0.1) is 5.82 Å². The van der Waals surface area contributed by atoms with Crippen LogP contribution in [0.4, 0.5) is 4.39 Å². The summed E-state index contributed by atoms with van der Waals surface area (Å²) in [5.74, 6) is -0.154. The van der Waals surface area contributed by atoms with Crippen molar-refractivity contribution in [1.29, 1.82) is 0 Å². The van der Waals surface area contributed by atoms with Crippen molar-refractivity contribution in [3.8, 4) is 5.75 Å². The Morgan fingerprint density at radius 1 is 1.38 bits per heavy atom. The number of amides is 2. The highest BCUT2D eigenvalue weighted by atomic mass is 19.1. The molecule has 7 nitrogen and oxygen atoms in total. The number of hydrogen-bond acceptors (Lipinski definition) is 5. The number of benzene rings is 1. The van der Waals surface area contributed by atoms with E-state index in [0.29, 0.717) is 37.6 Å². The van der Waals surface area contributed by atoms with Gasteiger partial charge >= 0.3 is 0 Å². The quantitative estimate of drug-likeness (QED) is 0.816. The first-order valence-corrected chi connectivity index (χ1v) is 8.53. The molecule has 1 aromatic rings. The Morgan fingerprint density at radius 3 is 2.73 bits per heavy atom. The molecular formula is C18H24FN3O4. The molecule has 26 heavy (non-hydrogen) atoms. The predicted molar refractivity (Wildman–Crippen MR) is 92.4 cm³/mol. The van der Waals surface area contributed by atoms with Crippen molar-refractivity contribution >= 4 is 11.8 Å². The number of halogens is 1. The van der Waals surface area contributed by atoms with Gasteiger partial charge in [0, 0.05) is 25.2 Å². The van der Waals surface area contributed by atoms with E-state index >= 15 is 0 Å². The number of methoxy groups -OCH3 is 1. The van der Waals surface area contributed by atoms with Crippen LogP contribution in [0.15, 0.2) is 18.2 Å². The van der Waals surface area contributed by atoms with Crippen molar-refractivity contribution in [1.82, 2.24) is 15.1 Å². The molecule has 1 spiro atoms. The van der Waals surface area contributed by atoms with Crippen LogP contribution in [0.1, 0.15) is 5.56 Å². The predicted octanol–water partition coefficient (Wildman–Crippen LogP) is 0.0344. The van der Waals surface area contributed by atoms with E-state index in [2.05, 4.69) is 5.32 Å². The molecule has 2 aliphatic rings. The molecule has 2 amide bonds. The molecule has 142 valence electrons. The highest BCUT2D eigenvalue weighted by Crippen LogP contribution is 2.31. The molecule has 0 radical (unpaired) electrons. The Morgan fingerprint density at radius 2 is 2.12 bits per heavy atom. The first-order valence-electron chi connectivity index (χ1n) is 8.53. The van der Waals surface area contributed by atoms with Crippen LogP contribution in [0.2, 0.25) is 0 Å². The Hall–Kier alpha value is -2.19. The maximum Gasteiger partial charge on any atom is 0.239 e. The van der Waals surface area contributed by atoms with Gasteiger partial charge in [0.25, 0.3) is 0 Å². The molecule has 1 atom stereocenters. The second-order valence-electron chi connectivity index (χ2n) is 6.92. The fourth-order valence-electron chi connectivity index (χ4n) is 3.59. The molecule has 3 rings (SSSR count). The smallest absolute Gasteiger partial charge is 0.239 e. The largest absolute Gasteiger partial charge is 0.496 e. The van der Waals surface area contributed by atoms with Crippen molar-refractivity contribution in [2.45, 2.75) is 18.1 Å². The minimum Gasteiger partial charge on any atom is -0.496 e. The van der Waals surface area contributed by atoms with Crippen molar-refractivity contribution in [2.75, 3.05) is 47.4 Å². The minimum absolute atomic E-state index is 0.0554. The van der Waals surface area contributed by atoms with Gasteiger partial charge in [0.2, 0.25) is 11.8 Å². The Balaban J connectivity index is 1.57. The molecule has 1 unspecified atom stereocenters. The van der Waals surface area contributed by atoms with Gasteiger partial charge in [-0.15, -0.1) is 0 Å². The number of nitrogens with zero attached hydrogens (tertiary/aromatic N) is 2. The fraction of sp³-hybridized carbons (Fsp3) is 0.556. The summed E-state index contributed by atoms with van der Waals surface area (Å²) in [6.45, 7) is 1.87. The summed E-state index contributed by atoms with van der Waals surface area (Å²) >= 11 is 0. The highest BCUT2D eigenvalue weighted by molar-refractivity contribution is 5.82. The number of likely N-dealkylation sites (tertiary alicyclic amines) is 1. The van der Waals surface area contributed by atoms with Crippen LogP contribution < -0.4 is 10.1 Å². The molecule has 0 saturated carbocycles. The van der Waals surface area contributed by atoms with Crippen molar-refractivity contribution < 1.29 is 23.5 Å². The summed E-state index contributed by atoms with van der Waals surface area (Å²) in [7, 11) is 4.95. The van der Waals surface area contributed by atoms with Crippen molar-refractivity contribution in [2.24, 2.45) is 0 Å². The number of ether oxygens (including phenoxy) is 2. The van der Waals surface area contributed by atoms with Crippen molar-refractivity contribution in [3.05, 3.63) is 29.6 Å². The average molecular weight is 365 g/mol. The zero-order valence-electron chi connectivity index (χ0n) is 15.3. The maximum atomic E-state index is 13.3. The van der Waals surface area contributed by atoms with Gasteiger partial charge in [0.15, 0.2) is 0 Å². The standard InChI is InChI=1S/C18H24FN3O4/c1-20-17(24)14-8-26-18(9-21(14)2)10-22(11-18)16(23)6-12-4-5-13(19)7-15(12)25-3/h4-5,7,14H,6,8-11H2,1-3H3,(H,20,24). The zero-order chi connectivity index (χ0) is 18.9. The van der Waals surface area contributed by atoms with Crippen LogP contribution >= 0.6 is 0 Å². The van der Waals surface area contributed by atoms with Crippen LogP contribution in [0.25, 0.3) is 0 Å². The van der Waals surface area contributed by atoms with Gasteiger partial charge in [-0.2, -0.15) is 0 Å².